The van der Waals surface area contributed by atoms with E-state index in [9.17, 15) is 14.7 Å². The van der Waals surface area contributed by atoms with Gasteiger partial charge in [0.15, 0.2) is 0 Å². The molecule has 0 rings (SSSR count). The second-order valence-electron chi connectivity index (χ2n) is 11.7. The SMILES string of the molecule is CCC(C)CCCCCCCCCCCCC(=O)OC[C@@H](O)COC(=O)CCCCCCCCC(C)C. The van der Waals surface area contributed by atoms with E-state index in [2.05, 4.69) is 27.7 Å². The van der Waals surface area contributed by atoms with Gasteiger partial charge in [-0.15, -0.1) is 0 Å². The van der Waals surface area contributed by atoms with Crippen molar-refractivity contribution in [2.24, 2.45) is 11.8 Å². The van der Waals surface area contributed by atoms with Crippen molar-refractivity contribution < 1.29 is 24.2 Å². The molecule has 1 unspecified atom stereocenters. The summed E-state index contributed by atoms with van der Waals surface area (Å²) in [4.78, 5) is 23.7. The summed E-state index contributed by atoms with van der Waals surface area (Å²) in [5.74, 6) is 1.09. The fraction of sp³-hybridized carbons (Fsp3) is 0.938. The van der Waals surface area contributed by atoms with E-state index in [1.165, 1.54) is 83.5 Å². The Morgan fingerprint density at radius 2 is 0.919 bits per heavy atom. The predicted molar refractivity (Wildman–Crippen MR) is 155 cm³/mol. The van der Waals surface area contributed by atoms with Gasteiger partial charge in [0, 0.05) is 12.8 Å². The number of ether oxygens (including phenoxy) is 2. The zero-order chi connectivity index (χ0) is 27.6. The van der Waals surface area contributed by atoms with Crippen LogP contribution >= 0.6 is 0 Å². The monoisotopic (exact) mass is 526 g/mol. The first-order chi connectivity index (χ1) is 17.8. The van der Waals surface area contributed by atoms with E-state index in [0.29, 0.717) is 12.8 Å². The molecule has 5 nitrogen and oxygen atoms in total. The Labute approximate surface area is 229 Å². The molecule has 0 bridgehead atoms. The summed E-state index contributed by atoms with van der Waals surface area (Å²) in [7, 11) is 0. The van der Waals surface area contributed by atoms with Crippen LogP contribution in [-0.4, -0.2) is 36.4 Å². The predicted octanol–water partition coefficient (Wildman–Crippen LogP) is 8.94. The van der Waals surface area contributed by atoms with Crippen LogP contribution < -0.4 is 0 Å². The number of hydrogen-bond acceptors (Lipinski definition) is 5. The lowest BCUT2D eigenvalue weighted by Crippen LogP contribution is -2.25. The first-order valence-corrected chi connectivity index (χ1v) is 15.8. The lowest BCUT2D eigenvalue weighted by molar-refractivity contribution is -0.152. The number of unbranched alkanes of at least 4 members (excludes halogenated alkanes) is 14. The van der Waals surface area contributed by atoms with Crippen LogP contribution in [0.5, 0.6) is 0 Å². The minimum absolute atomic E-state index is 0.111. The molecule has 0 spiro atoms. The molecule has 0 amide bonds. The van der Waals surface area contributed by atoms with Gasteiger partial charge in [0.1, 0.15) is 19.3 Å². The molecule has 0 aromatic heterocycles. The fourth-order valence-corrected chi connectivity index (χ4v) is 4.48. The lowest BCUT2D eigenvalue weighted by atomic mass is 9.99. The molecule has 0 aromatic carbocycles. The van der Waals surface area contributed by atoms with E-state index in [1.54, 1.807) is 0 Å². The van der Waals surface area contributed by atoms with E-state index in [0.717, 1.165) is 50.4 Å². The molecule has 0 aliphatic heterocycles. The number of esters is 2. The lowest BCUT2D eigenvalue weighted by Gasteiger charge is -2.12. The van der Waals surface area contributed by atoms with E-state index < -0.39 is 6.10 Å². The third kappa shape index (κ3) is 27.7. The summed E-state index contributed by atoms with van der Waals surface area (Å²) >= 11 is 0. The van der Waals surface area contributed by atoms with Gasteiger partial charge in [-0.05, 0) is 24.7 Å². The highest BCUT2D eigenvalue weighted by Gasteiger charge is 2.12. The summed E-state index contributed by atoms with van der Waals surface area (Å²) < 4.78 is 10.2. The standard InChI is InChI=1S/C32H62O5/c1-5-29(4)23-19-15-10-8-6-7-9-11-16-20-24-31(34)36-26-30(33)27-37-32(35)25-21-17-13-12-14-18-22-28(2)3/h28-30,33H,5-27H2,1-4H3/t29?,30-/m1/s1. The molecule has 0 aliphatic carbocycles. The van der Waals surface area contributed by atoms with Gasteiger partial charge in [-0.25, -0.2) is 0 Å². The molecular formula is C32H62O5. The second-order valence-corrected chi connectivity index (χ2v) is 11.7. The molecule has 1 N–H and O–H groups in total. The van der Waals surface area contributed by atoms with E-state index in [4.69, 9.17) is 9.47 Å². The van der Waals surface area contributed by atoms with Crippen LogP contribution in [0.15, 0.2) is 0 Å². The van der Waals surface area contributed by atoms with Crippen LogP contribution in [0.1, 0.15) is 163 Å². The van der Waals surface area contributed by atoms with Gasteiger partial charge in [-0.2, -0.15) is 0 Å². The number of rotatable bonds is 27. The maximum absolute atomic E-state index is 11.9. The fourth-order valence-electron chi connectivity index (χ4n) is 4.48. The summed E-state index contributed by atoms with van der Waals surface area (Å²) in [6.07, 6.45) is 23.0. The molecule has 5 heteroatoms. The van der Waals surface area contributed by atoms with Crippen molar-refractivity contribution in [3.63, 3.8) is 0 Å². The quantitative estimate of drug-likeness (QED) is 0.0854. The zero-order valence-corrected chi connectivity index (χ0v) is 25.1. The van der Waals surface area contributed by atoms with Crippen molar-refractivity contribution in [3.8, 4) is 0 Å². The molecule has 0 saturated carbocycles. The highest BCUT2D eigenvalue weighted by atomic mass is 16.6. The van der Waals surface area contributed by atoms with Crippen molar-refractivity contribution in [2.75, 3.05) is 13.2 Å². The first kappa shape index (κ1) is 35.9. The van der Waals surface area contributed by atoms with Crippen LogP contribution in [0.4, 0.5) is 0 Å². The average molecular weight is 527 g/mol. The number of hydrogen-bond donors (Lipinski definition) is 1. The van der Waals surface area contributed by atoms with Gasteiger partial charge >= 0.3 is 11.9 Å². The molecule has 0 heterocycles. The molecular weight excluding hydrogens is 464 g/mol. The average Bonchev–Trinajstić information content (AvgIpc) is 2.87. The van der Waals surface area contributed by atoms with Crippen LogP contribution in [0.2, 0.25) is 0 Å². The number of carbonyl (C=O) groups excluding carboxylic acids is 2. The van der Waals surface area contributed by atoms with Crippen LogP contribution in [0.3, 0.4) is 0 Å². The van der Waals surface area contributed by atoms with Crippen molar-refractivity contribution in [2.45, 2.75) is 169 Å². The largest absolute Gasteiger partial charge is 0.463 e. The Kier molecular flexibility index (Phi) is 25.7. The molecule has 0 aliphatic rings. The molecule has 220 valence electrons. The zero-order valence-electron chi connectivity index (χ0n) is 25.1. The van der Waals surface area contributed by atoms with Gasteiger partial charge in [0.2, 0.25) is 0 Å². The van der Waals surface area contributed by atoms with Gasteiger partial charge < -0.3 is 14.6 Å². The maximum Gasteiger partial charge on any atom is 0.305 e. The number of aliphatic hydroxyl groups is 1. The van der Waals surface area contributed by atoms with E-state index in [1.807, 2.05) is 0 Å². The first-order valence-electron chi connectivity index (χ1n) is 15.8. The van der Waals surface area contributed by atoms with Gasteiger partial charge in [0.25, 0.3) is 0 Å². The van der Waals surface area contributed by atoms with E-state index >= 15 is 0 Å². The van der Waals surface area contributed by atoms with Gasteiger partial charge in [-0.1, -0.05) is 137 Å². The summed E-state index contributed by atoms with van der Waals surface area (Å²) in [5.41, 5.74) is 0. The molecule has 0 saturated heterocycles. The Morgan fingerprint density at radius 1 is 0.568 bits per heavy atom. The second kappa shape index (κ2) is 26.5. The molecule has 37 heavy (non-hydrogen) atoms. The normalized spacial score (nSPS) is 13.0. The third-order valence-electron chi connectivity index (χ3n) is 7.31. The van der Waals surface area contributed by atoms with Gasteiger partial charge in [-0.3, -0.25) is 9.59 Å². The van der Waals surface area contributed by atoms with Crippen molar-refractivity contribution >= 4 is 11.9 Å². The molecule has 0 radical (unpaired) electrons. The highest BCUT2D eigenvalue weighted by molar-refractivity contribution is 5.69. The summed E-state index contributed by atoms with van der Waals surface area (Å²) in [5, 5.41) is 9.92. The minimum atomic E-state index is -0.955. The smallest absolute Gasteiger partial charge is 0.305 e. The van der Waals surface area contributed by atoms with Crippen molar-refractivity contribution in [1.82, 2.24) is 0 Å². The van der Waals surface area contributed by atoms with Crippen molar-refractivity contribution in [1.29, 1.82) is 0 Å². The highest BCUT2D eigenvalue weighted by Crippen LogP contribution is 2.16. The van der Waals surface area contributed by atoms with Crippen LogP contribution in [0, 0.1) is 11.8 Å². The van der Waals surface area contributed by atoms with E-state index in [-0.39, 0.29) is 25.2 Å². The number of carbonyl (C=O) groups is 2. The Balaban J connectivity index is 3.44. The Hall–Kier alpha value is -1.10. The summed E-state index contributed by atoms with van der Waals surface area (Å²) in [6, 6.07) is 0. The summed E-state index contributed by atoms with van der Waals surface area (Å²) in [6.45, 7) is 8.92. The molecule has 0 fully saturated rings. The van der Waals surface area contributed by atoms with Crippen molar-refractivity contribution in [3.05, 3.63) is 0 Å². The maximum atomic E-state index is 11.9. The van der Waals surface area contributed by atoms with Crippen LogP contribution in [0.25, 0.3) is 0 Å². The topological polar surface area (TPSA) is 72.8 Å². The molecule has 0 aromatic rings. The number of aliphatic hydroxyl groups excluding tert-OH is 1. The third-order valence-corrected chi connectivity index (χ3v) is 7.31. The Bertz CT molecular complexity index is 519. The Morgan fingerprint density at radius 3 is 1.30 bits per heavy atom. The van der Waals surface area contributed by atoms with Crippen LogP contribution in [-0.2, 0) is 19.1 Å². The minimum Gasteiger partial charge on any atom is -0.463 e. The molecule has 2 atom stereocenters. The van der Waals surface area contributed by atoms with Gasteiger partial charge in [0.05, 0.1) is 0 Å².